The van der Waals surface area contributed by atoms with Gasteiger partial charge in [-0.05, 0) is 0 Å². The van der Waals surface area contributed by atoms with E-state index in [0.29, 0.717) is 20.2 Å². The summed E-state index contributed by atoms with van der Waals surface area (Å²) in [5.74, 6) is 0. The number of rotatable bonds is 2. The van der Waals surface area contributed by atoms with Crippen LogP contribution in [0.4, 0.5) is 0 Å². The number of benzene rings is 1. The molecule has 0 spiro atoms. The Kier molecular flexibility index (Phi) is 5.08. The quantitative estimate of drug-likeness (QED) is 0.576. The molecular formula is C11H12SSe. The second-order valence-corrected chi connectivity index (χ2v) is 6.01. The van der Waals surface area contributed by atoms with E-state index in [1.807, 2.05) is 6.07 Å². The van der Waals surface area contributed by atoms with E-state index in [2.05, 4.69) is 48.2 Å². The molecule has 13 heavy (non-hydrogen) atoms. The van der Waals surface area contributed by atoms with Crippen LogP contribution in [-0.4, -0.2) is 20.2 Å². The Morgan fingerprint density at radius 2 is 1.92 bits per heavy atom. The van der Waals surface area contributed by atoms with Crippen LogP contribution in [0.3, 0.4) is 0 Å². The van der Waals surface area contributed by atoms with Gasteiger partial charge in [0.1, 0.15) is 0 Å². The van der Waals surface area contributed by atoms with E-state index in [9.17, 15) is 0 Å². The van der Waals surface area contributed by atoms with E-state index in [1.54, 1.807) is 11.8 Å². The average Bonchev–Trinajstić information content (AvgIpc) is 2.14. The van der Waals surface area contributed by atoms with Crippen molar-refractivity contribution in [3.63, 3.8) is 0 Å². The summed E-state index contributed by atoms with van der Waals surface area (Å²) >= 11 is 2.03. The third-order valence-electron chi connectivity index (χ3n) is 1.25. The van der Waals surface area contributed by atoms with Gasteiger partial charge in [-0.15, -0.1) is 0 Å². The average molecular weight is 255 g/mol. The minimum absolute atomic E-state index is 0.323. The van der Waals surface area contributed by atoms with E-state index in [1.165, 1.54) is 4.46 Å². The Bertz CT molecular complexity index is 295. The first-order chi connectivity index (χ1) is 6.29. The first-order valence-electron chi connectivity index (χ1n) is 4.16. The van der Waals surface area contributed by atoms with Crippen LogP contribution in [0.2, 0.25) is 0 Å². The molecule has 0 amide bonds. The molecule has 68 valence electrons. The van der Waals surface area contributed by atoms with Crippen molar-refractivity contribution in [2.45, 2.75) is 19.1 Å². The van der Waals surface area contributed by atoms with Gasteiger partial charge < -0.3 is 0 Å². The molecule has 0 atom stereocenters. The van der Waals surface area contributed by atoms with Crippen LogP contribution in [0.15, 0.2) is 30.3 Å². The van der Waals surface area contributed by atoms with Crippen LogP contribution in [0.25, 0.3) is 0 Å². The first-order valence-corrected chi connectivity index (χ1v) is 6.76. The summed E-state index contributed by atoms with van der Waals surface area (Å²) in [5.41, 5.74) is 0. The van der Waals surface area contributed by atoms with Crippen molar-refractivity contribution < 1.29 is 0 Å². The molecule has 0 radical (unpaired) electrons. The number of hydrogen-bond donors (Lipinski definition) is 0. The molecule has 0 unspecified atom stereocenters. The van der Waals surface area contributed by atoms with Crippen molar-refractivity contribution in [1.29, 1.82) is 0 Å². The molecule has 0 aliphatic rings. The molecule has 1 aromatic carbocycles. The predicted octanol–water partition coefficient (Wildman–Crippen LogP) is 2.08. The minimum atomic E-state index is 0.323. The van der Waals surface area contributed by atoms with Crippen LogP contribution in [0.5, 0.6) is 0 Å². The van der Waals surface area contributed by atoms with Crippen molar-refractivity contribution in [3.8, 4) is 10.1 Å². The third kappa shape index (κ3) is 5.05. The predicted molar refractivity (Wildman–Crippen MR) is 62.3 cm³/mol. The van der Waals surface area contributed by atoms with Crippen LogP contribution in [0.1, 0.15) is 13.8 Å². The molecule has 1 rings (SSSR count). The van der Waals surface area contributed by atoms with Gasteiger partial charge in [0, 0.05) is 0 Å². The molecule has 2 heteroatoms. The Hall–Kier alpha value is -0.351. The summed E-state index contributed by atoms with van der Waals surface area (Å²) in [6.07, 6.45) is 0. The third-order valence-corrected chi connectivity index (χ3v) is 3.73. The van der Waals surface area contributed by atoms with E-state index in [0.717, 1.165) is 0 Å². The SMILES string of the molecule is CC(C)SC#C[Se]c1ccccc1. The summed E-state index contributed by atoms with van der Waals surface area (Å²) in [6.45, 7) is 4.32. The molecule has 0 heterocycles. The van der Waals surface area contributed by atoms with Gasteiger partial charge in [-0.3, -0.25) is 0 Å². The fraction of sp³-hybridized carbons (Fsp3) is 0.273. The van der Waals surface area contributed by atoms with Gasteiger partial charge in [0.25, 0.3) is 0 Å². The molecular weight excluding hydrogens is 243 g/mol. The van der Waals surface area contributed by atoms with Gasteiger partial charge in [0.15, 0.2) is 0 Å². The van der Waals surface area contributed by atoms with Crippen LogP contribution >= 0.6 is 11.8 Å². The zero-order valence-corrected chi connectivity index (χ0v) is 10.3. The Morgan fingerprint density at radius 1 is 1.23 bits per heavy atom. The topological polar surface area (TPSA) is 0 Å². The Morgan fingerprint density at radius 3 is 2.54 bits per heavy atom. The van der Waals surface area contributed by atoms with E-state index < -0.39 is 0 Å². The molecule has 0 nitrogen and oxygen atoms in total. The van der Waals surface area contributed by atoms with Gasteiger partial charge in [-0.25, -0.2) is 0 Å². The number of thioether (sulfide) groups is 1. The maximum atomic E-state index is 3.21. The van der Waals surface area contributed by atoms with Crippen LogP contribution in [-0.2, 0) is 0 Å². The molecule has 0 aliphatic heterocycles. The van der Waals surface area contributed by atoms with Crippen molar-refractivity contribution in [2.24, 2.45) is 0 Å². The molecule has 0 saturated heterocycles. The molecule has 0 aliphatic carbocycles. The second-order valence-electron chi connectivity index (χ2n) is 2.79. The maximum absolute atomic E-state index is 3.21. The normalized spacial score (nSPS) is 9.46. The second kappa shape index (κ2) is 6.16. The summed E-state index contributed by atoms with van der Waals surface area (Å²) in [5, 5.41) is 3.74. The van der Waals surface area contributed by atoms with Gasteiger partial charge in [0.05, 0.1) is 0 Å². The molecule has 0 bridgehead atoms. The molecule has 0 fully saturated rings. The molecule has 1 aromatic rings. The van der Waals surface area contributed by atoms with Crippen LogP contribution < -0.4 is 4.46 Å². The number of hydrogen-bond acceptors (Lipinski definition) is 1. The Labute approximate surface area is 90.7 Å². The monoisotopic (exact) mass is 256 g/mol. The fourth-order valence-electron chi connectivity index (χ4n) is 0.710. The molecule has 0 N–H and O–H groups in total. The molecule has 0 saturated carbocycles. The summed E-state index contributed by atoms with van der Waals surface area (Å²) in [6, 6.07) is 10.4. The summed E-state index contributed by atoms with van der Waals surface area (Å²) in [4.78, 5) is 3.21. The van der Waals surface area contributed by atoms with Gasteiger partial charge in [0.2, 0.25) is 0 Å². The van der Waals surface area contributed by atoms with Crippen molar-refractivity contribution >= 4 is 31.2 Å². The van der Waals surface area contributed by atoms with Gasteiger partial charge in [-0.1, -0.05) is 0 Å². The molecule has 0 aromatic heterocycles. The summed E-state index contributed by atoms with van der Waals surface area (Å²) in [7, 11) is 0. The van der Waals surface area contributed by atoms with E-state index >= 15 is 0 Å². The fourth-order valence-corrected chi connectivity index (χ4v) is 2.46. The van der Waals surface area contributed by atoms with Crippen molar-refractivity contribution in [2.75, 3.05) is 0 Å². The zero-order chi connectivity index (χ0) is 9.52. The van der Waals surface area contributed by atoms with Crippen molar-refractivity contribution in [3.05, 3.63) is 30.3 Å². The van der Waals surface area contributed by atoms with Crippen LogP contribution in [0, 0.1) is 10.1 Å². The summed E-state index contributed by atoms with van der Waals surface area (Å²) < 4.78 is 1.35. The standard InChI is InChI=1S/C11H12SSe/c1-10(2)12-8-9-13-11-6-4-3-5-7-11/h3-7,10H,1-2H3. The zero-order valence-electron chi connectivity index (χ0n) is 7.78. The van der Waals surface area contributed by atoms with E-state index in [4.69, 9.17) is 0 Å². The van der Waals surface area contributed by atoms with Gasteiger partial charge in [-0.2, -0.15) is 0 Å². The Balaban J connectivity index is 2.37. The van der Waals surface area contributed by atoms with Crippen molar-refractivity contribution in [1.82, 2.24) is 0 Å². The van der Waals surface area contributed by atoms with Gasteiger partial charge >= 0.3 is 90.7 Å². The van der Waals surface area contributed by atoms with E-state index in [-0.39, 0.29) is 0 Å². The first kappa shape index (κ1) is 10.7.